The number of rotatable bonds is 4. The molecule has 0 aliphatic rings. The second-order valence-electron chi connectivity index (χ2n) is 4.64. The lowest BCUT2D eigenvalue weighted by Gasteiger charge is -2.23. The van der Waals surface area contributed by atoms with Crippen molar-refractivity contribution in [1.29, 1.82) is 0 Å². The summed E-state index contributed by atoms with van der Waals surface area (Å²) in [6.07, 6.45) is 1.53. The highest BCUT2D eigenvalue weighted by Gasteiger charge is 2.23. The maximum atomic E-state index is 12.4. The molecule has 1 atom stereocenters. The number of nitrogens with zero attached hydrogens (tertiary/aromatic N) is 2. The van der Waals surface area contributed by atoms with E-state index in [1.54, 1.807) is 19.2 Å². The Hall–Kier alpha value is -2.83. The van der Waals surface area contributed by atoms with Gasteiger partial charge < -0.3 is 15.1 Å². The summed E-state index contributed by atoms with van der Waals surface area (Å²) in [5.74, 6) is 0.290. The van der Waals surface area contributed by atoms with Gasteiger partial charge in [-0.25, -0.2) is 0 Å². The molecule has 0 saturated carbocycles. The van der Waals surface area contributed by atoms with Gasteiger partial charge in [0.25, 0.3) is 11.6 Å². The molecule has 1 unspecified atom stereocenters. The summed E-state index contributed by atoms with van der Waals surface area (Å²) in [6, 6.07) is 7.22. The van der Waals surface area contributed by atoms with Gasteiger partial charge in [0.2, 0.25) is 0 Å². The minimum Gasteiger partial charge on any atom is -0.467 e. The zero-order valence-corrected chi connectivity index (χ0v) is 11.6. The third-order valence-electron chi connectivity index (χ3n) is 3.33. The molecular weight excluding hydrogens is 274 g/mol. The predicted molar refractivity (Wildman–Crippen MR) is 76.7 cm³/mol. The molecule has 0 saturated heterocycles. The Morgan fingerprint density at radius 2 is 2.14 bits per heavy atom. The summed E-state index contributed by atoms with van der Waals surface area (Å²) in [6.45, 7) is 1.81. The van der Waals surface area contributed by atoms with Crippen molar-refractivity contribution in [2.45, 2.75) is 13.0 Å². The van der Waals surface area contributed by atoms with Crippen LogP contribution in [0.4, 0.5) is 11.4 Å². The van der Waals surface area contributed by atoms with E-state index >= 15 is 0 Å². The smallest absolute Gasteiger partial charge is 0.292 e. The molecule has 0 radical (unpaired) electrons. The van der Waals surface area contributed by atoms with Gasteiger partial charge in [-0.15, -0.1) is 0 Å². The number of carbonyl (C=O) groups excluding carboxylic acids is 1. The van der Waals surface area contributed by atoms with Gasteiger partial charge >= 0.3 is 0 Å². The highest BCUT2D eigenvalue weighted by atomic mass is 16.6. The molecule has 1 aromatic carbocycles. The number of hydrogen-bond donors (Lipinski definition) is 1. The molecule has 7 heteroatoms. The molecule has 21 heavy (non-hydrogen) atoms. The lowest BCUT2D eigenvalue weighted by atomic mass is 10.1. The van der Waals surface area contributed by atoms with Crippen LogP contribution in [0.3, 0.4) is 0 Å². The summed E-state index contributed by atoms with van der Waals surface area (Å²) < 4.78 is 5.26. The molecule has 2 aromatic rings. The zero-order chi connectivity index (χ0) is 15.6. The Morgan fingerprint density at radius 3 is 2.71 bits per heavy atom. The number of nitro benzene ring substituents is 1. The van der Waals surface area contributed by atoms with Crippen molar-refractivity contribution in [1.82, 2.24) is 4.90 Å². The van der Waals surface area contributed by atoms with Crippen LogP contribution in [0.5, 0.6) is 0 Å². The van der Waals surface area contributed by atoms with Crippen LogP contribution in [0.15, 0.2) is 41.0 Å². The second kappa shape index (κ2) is 5.66. The van der Waals surface area contributed by atoms with E-state index in [-0.39, 0.29) is 28.9 Å². The summed E-state index contributed by atoms with van der Waals surface area (Å²) in [4.78, 5) is 24.1. The predicted octanol–water partition coefficient (Wildman–Crippen LogP) is 2.60. The lowest BCUT2D eigenvalue weighted by Crippen LogP contribution is -2.29. The fourth-order valence-electron chi connectivity index (χ4n) is 1.93. The van der Waals surface area contributed by atoms with Gasteiger partial charge in [-0.2, -0.15) is 0 Å². The number of carbonyl (C=O) groups is 1. The van der Waals surface area contributed by atoms with E-state index in [2.05, 4.69) is 0 Å². The first-order valence-corrected chi connectivity index (χ1v) is 6.26. The third kappa shape index (κ3) is 2.86. The molecule has 110 valence electrons. The Morgan fingerprint density at radius 1 is 1.43 bits per heavy atom. The quantitative estimate of drug-likeness (QED) is 0.529. The molecule has 0 aliphatic carbocycles. The van der Waals surface area contributed by atoms with Crippen LogP contribution >= 0.6 is 0 Å². The molecule has 1 aromatic heterocycles. The van der Waals surface area contributed by atoms with E-state index in [4.69, 9.17) is 10.2 Å². The van der Waals surface area contributed by atoms with Gasteiger partial charge in [-0.05, 0) is 31.2 Å². The number of benzene rings is 1. The van der Waals surface area contributed by atoms with Crippen molar-refractivity contribution in [3.8, 4) is 0 Å². The Bertz CT molecular complexity index is 667. The largest absolute Gasteiger partial charge is 0.467 e. The number of nitrogens with two attached hydrogens (primary N) is 1. The highest BCUT2D eigenvalue weighted by molar-refractivity contribution is 5.95. The van der Waals surface area contributed by atoms with E-state index in [0.29, 0.717) is 5.76 Å². The maximum Gasteiger partial charge on any atom is 0.292 e. The Labute approximate surface area is 121 Å². The van der Waals surface area contributed by atoms with E-state index < -0.39 is 4.92 Å². The molecular formula is C14H15N3O4. The molecule has 0 aliphatic heterocycles. The van der Waals surface area contributed by atoms with Crippen molar-refractivity contribution in [2.24, 2.45) is 0 Å². The molecule has 0 spiro atoms. The molecule has 1 amide bonds. The molecule has 2 rings (SSSR count). The summed E-state index contributed by atoms with van der Waals surface area (Å²) >= 11 is 0. The number of anilines is 1. The van der Waals surface area contributed by atoms with Gasteiger partial charge in [0, 0.05) is 18.7 Å². The number of amides is 1. The summed E-state index contributed by atoms with van der Waals surface area (Å²) in [5, 5.41) is 10.9. The van der Waals surface area contributed by atoms with Gasteiger partial charge in [0.05, 0.1) is 17.2 Å². The number of nitro groups is 1. The fraction of sp³-hybridized carbons (Fsp3) is 0.214. The highest BCUT2D eigenvalue weighted by Crippen LogP contribution is 2.25. The van der Waals surface area contributed by atoms with Crippen LogP contribution in [-0.2, 0) is 0 Å². The first-order chi connectivity index (χ1) is 9.91. The van der Waals surface area contributed by atoms with E-state index in [1.807, 2.05) is 6.92 Å². The molecule has 0 fully saturated rings. The SMILES string of the molecule is CC(c1ccco1)N(C)C(=O)c1ccc(N)c([N+](=O)[O-])c1. The minimum absolute atomic E-state index is 0.0262. The van der Waals surface area contributed by atoms with E-state index in [0.717, 1.165) is 0 Å². The first kappa shape index (κ1) is 14.6. The standard InChI is InChI=1S/C14H15N3O4/c1-9(13-4-3-7-21-13)16(2)14(18)10-5-6-11(15)12(8-10)17(19)20/h3-9H,15H2,1-2H3. The molecule has 2 N–H and O–H groups in total. The zero-order valence-electron chi connectivity index (χ0n) is 11.6. The minimum atomic E-state index is -0.609. The van der Waals surface area contributed by atoms with E-state index in [9.17, 15) is 14.9 Å². The van der Waals surface area contributed by atoms with Crippen LogP contribution in [0.2, 0.25) is 0 Å². The molecule has 7 nitrogen and oxygen atoms in total. The van der Waals surface area contributed by atoms with Gasteiger partial charge in [-0.3, -0.25) is 14.9 Å². The number of nitrogen functional groups attached to an aromatic ring is 1. The van der Waals surface area contributed by atoms with Crippen molar-refractivity contribution in [3.05, 3.63) is 58.0 Å². The topological polar surface area (TPSA) is 103 Å². The van der Waals surface area contributed by atoms with Crippen LogP contribution in [-0.4, -0.2) is 22.8 Å². The second-order valence-corrected chi connectivity index (χ2v) is 4.64. The van der Waals surface area contributed by atoms with Gasteiger partial charge in [0.1, 0.15) is 11.4 Å². The van der Waals surface area contributed by atoms with E-state index in [1.165, 1.54) is 29.4 Å². The van der Waals surface area contributed by atoms with Crippen molar-refractivity contribution in [3.63, 3.8) is 0 Å². The summed E-state index contributed by atoms with van der Waals surface area (Å²) in [5.41, 5.74) is 5.48. The average molecular weight is 289 g/mol. The van der Waals surface area contributed by atoms with Crippen LogP contribution in [0.25, 0.3) is 0 Å². The first-order valence-electron chi connectivity index (χ1n) is 6.26. The monoisotopic (exact) mass is 289 g/mol. The van der Waals surface area contributed by atoms with Crippen LogP contribution in [0.1, 0.15) is 29.1 Å². The number of furan rings is 1. The average Bonchev–Trinajstić information content (AvgIpc) is 2.99. The van der Waals surface area contributed by atoms with Crippen molar-refractivity contribution in [2.75, 3.05) is 12.8 Å². The van der Waals surface area contributed by atoms with Gasteiger partial charge in [0.15, 0.2) is 0 Å². The summed E-state index contributed by atoms with van der Waals surface area (Å²) in [7, 11) is 1.61. The normalized spacial score (nSPS) is 11.9. The molecule has 1 heterocycles. The fourth-order valence-corrected chi connectivity index (χ4v) is 1.93. The third-order valence-corrected chi connectivity index (χ3v) is 3.33. The molecule has 0 bridgehead atoms. The van der Waals surface area contributed by atoms with Crippen molar-refractivity contribution >= 4 is 17.3 Å². The Balaban J connectivity index is 2.27. The van der Waals surface area contributed by atoms with Crippen LogP contribution in [0, 0.1) is 10.1 Å². The van der Waals surface area contributed by atoms with Gasteiger partial charge in [-0.1, -0.05) is 0 Å². The Kier molecular flexibility index (Phi) is 3.93. The number of hydrogen-bond acceptors (Lipinski definition) is 5. The maximum absolute atomic E-state index is 12.4. The van der Waals surface area contributed by atoms with Crippen LogP contribution < -0.4 is 5.73 Å². The lowest BCUT2D eigenvalue weighted by molar-refractivity contribution is -0.383. The van der Waals surface area contributed by atoms with Crippen molar-refractivity contribution < 1.29 is 14.1 Å².